The fourth-order valence-corrected chi connectivity index (χ4v) is 8.91. The van der Waals surface area contributed by atoms with Crippen LogP contribution in [0.15, 0.2) is 58.3 Å². The third-order valence-electron chi connectivity index (χ3n) is 7.91. The second-order valence-electron chi connectivity index (χ2n) is 10.9. The van der Waals surface area contributed by atoms with E-state index in [2.05, 4.69) is 0 Å². The fraction of sp³-hybridized carbons (Fsp3) is 0.414. The van der Waals surface area contributed by atoms with Crippen LogP contribution in [0.1, 0.15) is 56.1 Å². The molecule has 2 saturated carbocycles. The summed E-state index contributed by atoms with van der Waals surface area (Å²) in [5.74, 6) is 0.436. The van der Waals surface area contributed by atoms with Gasteiger partial charge in [-0.3, -0.25) is 24.5 Å². The van der Waals surface area contributed by atoms with Crippen LogP contribution in [0.4, 0.5) is 5.69 Å². The summed E-state index contributed by atoms with van der Waals surface area (Å²) in [6.45, 7) is 3.85. The van der Waals surface area contributed by atoms with Gasteiger partial charge in [-0.25, -0.2) is 0 Å². The molecular formula is C29H29NO6S2. The smallest absolute Gasteiger partial charge is 0.269 e. The van der Waals surface area contributed by atoms with Gasteiger partial charge in [0.2, 0.25) is 0 Å². The van der Waals surface area contributed by atoms with Gasteiger partial charge in [0.15, 0.2) is 5.78 Å². The molecule has 2 aliphatic carbocycles. The Morgan fingerprint density at radius 3 is 1.97 bits per heavy atom. The fourth-order valence-electron chi connectivity index (χ4n) is 6.27. The predicted octanol–water partition coefficient (Wildman–Crippen LogP) is 6.08. The molecule has 0 radical (unpaired) electrons. The van der Waals surface area contributed by atoms with Crippen molar-refractivity contribution in [1.29, 1.82) is 0 Å². The van der Waals surface area contributed by atoms with E-state index >= 15 is 0 Å². The molecule has 2 atom stereocenters. The standard InChI is InChI=1S/C29H29NO6S2/c1-28(2)15-23(32)29(24(33)16-28)21(17-6-10-20(36-3)11-7-17)14-22(31)25(27-37-12-13-38-27)26(29)18-4-8-19(9-5-18)30(34)35/h4-11,21,26H,12-16H2,1-3H3/t21-,26-/m1/s1. The number of methoxy groups -OCH3 is 1. The molecule has 0 bridgehead atoms. The van der Waals surface area contributed by atoms with Crippen molar-refractivity contribution in [2.45, 2.75) is 44.9 Å². The van der Waals surface area contributed by atoms with Crippen molar-refractivity contribution < 1.29 is 24.0 Å². The molecule has 1 spiro atoms. The van der Waals surface area contributed by atoms with Gasteiger partial charge in [0.1, 0.15) is 22.7 Å². The number of hydrogen-bond donors (Lipinski definition) is 0. The topological polar surface area (TPSA) is 104 Å². The minimum atomic E-state index is -1.49. The molecule has 0 N–H and O–H groups in total. The second kappa shape index (κ2) is 10.0. The van der Waals surface area contributed by atoms with E-state index in [9.17, 15) is 24.5 Å². The number of benzene rings is 2. The van der Waals surface area contributed by atoms with Crippen LogP contribution in [-0.2, 0) is 14.4 Å². The molecule has 7 nitrogen and oxygen atoms in total. The molecule has 2 aromatic carbocycles. The number of hydrogen-bond acceptors (Lipinski definition) is 8. The molecule has 3 aliphatic rings. The molecule has 5 rings (SSSR count). The third-order valence-corrected chi connectivity index (χ3v) is 10.7. The first-order chi connectivity index (χ1) is 18.1. The maximum Gasteiger partial charge on any atom is 0.269 e. The third kappa shape index (κ3) is 4.39. The molecule has 1 heterocycles. The first-order valence-corrected chi connectivity index (χ1v) is 14.5. The largest absolute Gasteiger partial charge is 0.497 e. The SMILES string of the molecule is COc1ccc([C@H]2CC(=O)C(=C3SCCS3)[C@@H](c3ccc([N+](=O)[O-])cc3)C23C(=O)CC(C)(C)CC3=O)cc1. The van der Waals surface area contributed by atoms with Gasteiger partial charge in [0, 0.05) is 64.5 Å². The van der Waals surface area contributed by atoms with Crippen LogP contribution in [0.25, 0.3) is 0 Å². The first-order valence-electron chi connectivity index (χ1n) is 12.6. The van der Waals surface area contributed by atoms with Gasteiger partial charge in [0.25, 0.3) is 5.69 Å². The van der Waals surface area contributed by atoms with Gasteiger partial charge in [-0.05, 0) is 28.7 Å². The number of thioether (sulfide) groups is 2. The van der Waals surface area contributed by atoms with Crippen molar-refractivity contribution in [3.05, 3.63) is 79.6 Å². The molecule has 1 saturated heterocycles. The molecule has 3 fully saturated rings. The maximum absolute atomic E-state index is 14.4. The Labute approximate surface area is 229 Å². The summed E-state index contributed by atoms with van der Waals surface area (Å²) in [5, 5.41) is 11.4. The summed E-state index contributed by atoms with van der Waals surface area (Å²) >= 11 is 3.17. The minimum Gasteiger partial charge on any atom is -0.497 e. The van der Waals surface area contributed by atoms with Crippen molar-refractivity contribution in [1.82, 2.24) is 0 Å². The summed E-state index contributed by atoms with van der Waals surface area (Å²) < 4.78 is 6.18. The lowest BCUT2D eigenvalue weighted by Crippen LogP contribution is -2.58. The lowest BCUT2D eigenvalue weighted by Gasteiger charge is -2.52. The molecule has 1 aliphatic heterocycles. The van der Waals surface area contributed by atoms with Crippen LogP contribution < -0.4 is 4.74 Å². The quantitative estimate of drug-likeness (QED) is 0.195. The average Bonchev–Trinajstić information content (AvgIpc) is 3.41. The van der Waals surface area contributed by atoms with Crippen LogP contribution in [-0.4, -0.2) is 40.9 Å². The van der Waals surface area contributed by atoms with Crippen molar-refractivity contribution >= 4 is 46.6 Å². The minimum absolute atomic E-state index is 0.0493. The molecule has 0 unspecified atom stereocenters. The van der Waals surface area contributed by atoms with E-state index in [1.54, 1.807) is 54.9 Å². The zero-order chi connectivity index (χ0) is 27.2. The Bertz CT molecular complexity index is 1320. The van der Waals surface area contributed by atoms with Crippen LogP contribution in [0.5, 0.6) is 5.75 Å². The number of ether oxygens (including phenoxy) is 1. The van der Waals surface area contributed by atoms with E-state index in [4.69, 9.17) is 4.74 Å². The molecule has 38 heavy (non-hydrogen) atoms. The van der Waals surface area contributed by atoms with E-state index < -0.39 is 27.6 Å². The molecule has 198 valence electrons. The summed E-state index contributed by atoms with van der Waals surface area (Å²) in [6.07, 6.45) is 0.478. The highest BCUT2D eigenvalue weighted by Gasteiger charge is 2.65. The van der Waals surface area contributed by atoms with Crippen molar-refractivity contribution in [2.24, 2.45) is 10.8 Å². The maximum atomic E-state index is 14.4. The first kappa shape index (κ1) is 26.7. The number of nitrogens with zero attached hydrogens (tertiary/aromatic N) is 1. The van der Waals surface area contributed by atoms with Gasteiger partial charge in [-0.15, -0.1) is 23.5 Å². The number of rotatable bonds is 4. The summed E-state index contributed by atoms with van der Waals surface area (Å²) in [7, 11) is 1.57. The van der Waals surface area contributed by atoms with Gasteiger partial charge >= 0.3 is 0 Å². The zero-order valence-electron chi connectivity index (χ0n) is 21.5. The molecule has 9 heteroatoms. The molecule has 2 aromatic rings. The number of carbonyl (C=O) groups is 3. The Morgan fingerprint density at radius 2 is 1.45 bits per heavy atom. The Hall–Kier alpha value is -2.91. The summed E-state index contributed by atoms with van der Waals surface area (Å²) in [5.41, 5.74) is -0.228. The lowest BCUT2D eigenvalue weighted by atomic mass is 9.47. The van der Waals surface area contributed by atoms with Crippen LogP contribution in [0, 0.1) is 20.9 Å². The Morgan fingerprint density at radius 1 is 0.895 bits per heavy atom. The predicted molar refractivity (Wildman–Crippen MR) is 149 cm³/mol. The van der Waals surface area contributed by atoms with Crippen molar-refractivity contribution in [3.8, 4) is 5.75 Å². The number of non-ortho nitro benzene ring substituents is 1. The number of nitro groups is 1. The molecule has 0 aromatic heterocycles. The molecule has 0 amide bonds. The number of nitro benzene ring substituents is 1. The highest BCUT2D eigenvalue weighted by atomic mass is 32.2. The Kier molecular flexibility index (Phi) is 7.02. The van der Waals surface area contributed by atoms with Crippen LogP contribution in [0.2, 0.25) is 0 Å². The van der Waals surface area contributed by atoms with Crippen LogP contribution in [0.3, 0.4) is 0 Å². The van der Waals surface area contributed by atoms with Crippen molar-refractivity contribution in [3.63, 3.8) is 0 Å². The number of allylic oxidation sites excluding steroid dienone is 1. The average molecular weight is 552 g/mol. The number of carbonyl (C=O) groups excluding carboxylic acids is 3. The highest BCUT2D eigenvalue weighted by molar-refractivity contribution is 8.25. The van der Waals surface area contributed by atoms with Gasteiger partial charge in [-0.2, -0.15) is 0 Å². The Balaban J connectivity index is 1.80. The number of ketones is 3. The van der Waals surface area contributed by atoms with E-state index in [0.717, 1.165) is 21.3 Å². The van der Waals surface area contributed by atoms with Crippen molar-refractivity contribution in [2.75, 3.05) is 18.6 Å². The zero-order valence-corrected chi connectivity index (χ0v) is 23.2. The monoisotopic (exact) mass is 551 g/mol. The summed E-state index contributed by atoms with van der Waals surface area (Å²) in [6, 6.07) is 13.2. The number of Topliss-reactive ketones (excluding diaryl/α,β-unsaturated/α-hetero) is 3. The van der Waals surface area contributed by atoms with Gasteiger partial charge in [-0.1, -0.05) is 38.1 Å². The van der Waals surface area contributed by atoms with E-state index in [1.165, 1.54) is 12.1 Å². The van der Waals surface area contributed by atoms with Gasteiger partial charge in [0.05, 0.1) is 12.0 Å². The molecular weight excluding hydrogens is 522 g/mol. The second-order valence-corrected chi connectivity index (χ2v) is 13.3. The van der Waals surface area contributed by atoms with E-state index in [1.807, 2.05) is 26.0 Å². The van der Waals surface area contributed by atoms with Gasteiger partial charge < -0.3 is 4.74 Å². The summed E-state index contributed by atoms with van der Waals surface area (Å²) in [4.78, 5) is 53.7. The lowest BCUT2D eigenvalue weighted by molar-refractivity contribution is -0.384. The normalized spacial score (nSPS) is 24.7. The highest BCUT2D eigenvalue weighted by Crippen LogP contribution is 2.63. The van der Waals surface area contributed by atoms with E-state index in [0.29, 0.717) is 16.9 Å². The van der Waals surface area contributed by atoms with Crippen LogP contribution >= 0.6 is 23.5 Å². The van der Waals surface area contributed by atoms with E-state index in [-0.39, 0.29) is 42.3 Å².